The van der Waals surface area contributed by atoms with Crippen LogP contribution in [0.4, 0.5) is 0 Å². The van der Waals surface area contributed by atoms with E-state index in [4.69, 9.17) is 4.74 Å². The number of nitrogens with zero attached hydrogens (tertiary/aromatic N) is 4. The fourth-order valence-corrected chi connectivity index (χ4v) is 3.88. The molecule has 3 heterocycles. The van der Waals surface area contributed by atoms with E-state index in [2.05, 4.69) is 28.1 Å². The van der Waals surface area contributed by atoms with Gasteiger partial charge in [-0.1, -0.05) is 0 Å². The molecule has 0 unspecified atom stereocenters. The molecule has 2 fully saturated rings. The predicted octanol–water partition coefficient (Wildman–Crippen LogP) is 0.509. The van der Waals surface area contributed by atoms with Crippen LogP contribution in [-0.4, -0.2) is 82.8 Å². The Morgan fingerprint density at radius 3 is 2.83 bits per heavy atom. The van der Waals surface area contributed by atoms with Crippen LogP contribution in [0.15, 0.2) is 12.4 Å². The summed E-state index contributed by atoms with van der Waals surface area (Å²) in [5, 5.41) is 14.7. The van der Waals surface area contributed by atoms with E-state index >= 15 is 0 Å². The van der Waals surface area contributed by atoms with Crippen molar-refractivity contribution in [2.45, 2.75) is 43.9 Å². The van der Waals surface area contributed by atoms with Gasteiger partial charge in [0.15, 0.2) is 0 Å². The van der Waals surface area contributed by atoms with Crippen LogP contribution in [0.3, 0.4) is 0 Å². The van der Waals surface area contributed by atoms with Crippen molar-refractivity contribution in [2.75, 3.05) is 39.9 Å². The maximum atomic E-state index is 10.5. The molecule has 2 aliphatic heterocycles. The molecule has 0 spiro atoms. The minimum Gasteiger partial charge on any atom is -0.390 e. The van der Waals surface area contributed by atoms with Crippen molar-refractivity contribution in [1.29, 1.82) is 0 Å². The first-order valence-electron chi connectivity index (χ1n) is 8.81. The minimum absolute atomic E-state index is 0.235. The smallest absolute Gasteiger partial charge is 0.0834 e. The maximum Gasteiger partial charge on any atom is 0.0834 e. The Labute approximate surface area is 139 Å². The molecule has 130 valence electrons. The number of aromatic nitrogens is 2. The molecule has 1 aromatic heterocycles. The Hall–Kier alpha value is -0.950. The molecule has 0 amide bonds. The molecule has 2 atom stereocenters. The highest BCUT2D eigenvalue weighted by Gasteiger charge is 2.37. The minimum atomic E-state index is -0.235. The second-order valence-electron chi connectivity index (χ2n) is 7.04. The number of likely N-dealkylation sites (tertiary alicyclic amines) is 1. The van der Waals surface area contributed by atoms with Gasteiger partial charge >= 0.3 is 0 Å². The lowest BCUT2D eigenvalue weighted by atomic mass is 10.1. The van der Waals surface area contributed by atoms with E-state index in [1.165, 1.54) is 5.56 Å². The molecular formula is C17H30N4O2. The van der Waals surface area contributed by atoms with Gasteiger partial charge in [0.05, 0.1) is 12.3 Å². The second-order valence-corrected chi connectivity index (χ2v) is 7.04. The van der Waals surface area contributed by atoms with Crippen LogP contribution in [0.1, 0.15) is 24.8 Å². The molecule has 23 heavy (non-hydrogen) atoms. The summed E-state index contributed by atoms with van der Waals surface area (Å²) in [5.74, 6) is 0. The third-order valence-corrected chi connectivity index (χ3v) is 5.30. The van der Waals surface area contributed by atoms with Crippen molar-refractivity contribution in [3.8, 4) is 0 Å². The van der Waals surface area contributed by atoms with Crippen molar-refractivity contribution >= 4 is 0 Å². The fourth-order valence-electron chi connectivity index (χ4n) is 3.88. The van der Waals surface area contributed by atoms with Gasteiger partial charge < -0.3 is 9.84 Å². The van der Waals surface area contributed by atoms with Crippen LogP contribution in [0.25, 0.3) is 0 Å². The zero-order valence-corrected chi connectivity index (χ0v) is 14.4. The van der Waals surface area contributed by atoms with Crippen molar-refractivity contribution < 1.29 is 9.84 Å². The highest BCUT2D eigenvalue weighted by Crippen LogP contribution is 2.23. The fraction of sp³-hybridized carbons (Fsp3) is 0.824. The largest absolute Gasteiger partial charge is 0.390 e. The van der Waals surface area contributed by atoms with Gasteiger partial charge in [0, 0.05) is 51.6 Å². The van der Waals surface area contributed by atoms with Crippen LogP contribution >= 0.6 is 0 Å². The molecule has 6 heteroatoms. The average Bonchev–Trinajstić information content (AvgIpc) is 3.14. The van der Waals surface area contributed by atoms with E-state index in [-0.39, 0.29) is 12.1 Å². The first-order valence-corrected chi connectivity index (χ1v) is 8.81. The average molecular weight is 322 g/mol. The Bertz CT molecular complexity index is 487. The predicted molar refractivity (Wildman–Crippen MR) is 89.4 cm³/mol. The Kier molecular flexibility index (Phi) is 5.69. The highest BCUT2D eigenvalue weighted by molar-refractivity contribution is 5.03. The molecule has 2 aliphatic rings. The Morgan fingerprint density at radius 1 is 1.35 bits per heavy atom. The molecule has 0 aromatic carbocycles. The molecule has 1 N–H and O–H groups in total. The van der Waals surface area contributed by atoms with E-state index in [9.17, 15) is 5.11 Å². The Morgan fingerprint density at radius 2 is 2.13 bits per heavy atom. The van der Waals surface area contributed by atoms with Crippen LogP contribution in [0.5, 0.6) is 0 Å². The number of aliphatic hydroxyl groups is 1. The summed E-state index contributed by atoms with van der Waals surface area (Å²) in [5.41, 5.74) is 1.29. The van der Waals surface area contributed by atoms with E-state index in [1.807, 2.05) is 17.9 Å². The number of β-amino-alcohol motifs (C(OH)–C–C–N with tert-alkyl or cyclic N) is 1. The maximum absolute atomic E-state index is 10.5. The van der Waals surface area contributed by atoms with Gasteiger partial charge in [-0.15, -0.1) is 0 Å². The van der Waals surface area contributed by atoms with E-state index < -0.39 is 0 Å². The van der Waals surface area contributed by atoms with E-state index in [0.717, 1.165) is 58.5 Å². The number of ether oxygens (including phenoxy) is 1. The summed E-state index contributed by atoms with van der Waals surface area (Å²) < 4.78 is 7.30. The summed E-state index contributed by atoms with van der Waals surface area (Å²) in [6.45, 7) is 4.53. The van der Waals surface area contributed by atoms with Crippen molar-refractivity contribution in [2.24, 2.45) is 7.05 Å². The number of aryl methyl sites for hydroxylation is 2. The molecule has 1 aromatic rings. The van der Waals surface area contributed by atoms with Crippen LogP contribution in [0.2, 0.25) is 0 Å². The Balaban J connectivity index is 1.44. The zero-order valence-electron chi connectivity index (χ0n) is 14.4. The number of likely N-dealkylation sites (N-methyl/N-ethyl adjacent to an activating group) is 1. The third-order valence-electron chi connectivity index (χ3n) is 5.30. The zero-order chi connectivity index (χ0) is 16.2. The lowest BCUT2D eigenvalue weighted by molar-refractivity contribution is 0.0376. The monoisotopic (exact) mass is 322 g/mol. The second kappa shape index (κ2) is 7.75. The molecule has 2 saturated heterocycles. The van der Waals surface area contributed by atoms with Gasteiger partial charge in [-0.05, 0) is 44.8 Å². The van der Waals surface area contributed by atoms with Gasteiger partial charge in [-0.3, -0.25) is 14.5 Å². The van der Waals surface area contributed by atoms with Crippen LogP contribution in [0, 0.1) is 0 Å². The van der Waals surface area contributed by atoms with Gasteiger partial charge in [-0.2, -0.15) is 5.10 Å². The standard InChI is InChI=1S/C17H30N4O2/c1-19(7-3-4-14-10-18-20(2)11-14)16-12-21(13-17(16)22)15-5-8-23-9-6-15/h10-11,15-17,22H,3-9,12-13H2,1-2H3/t16-,17-/m0/s1. The molecule has 0 saturated carbocycles. The lowest BCUT2D eigenvalue weighted by Gasteiger charge is -2.31. The first kappa shape index (κ1) is 16.9. The summed E-state index contributed by atoms with van der Waals surface area (Å²) >= 11 is 0. The summed E-state index contributed by atoms with van der Waals surface area (Å²) in [6, 6.07) is 0.846. The van der Waals surface area contributed by atoms with E-state index in [0.29, 0.717) is 6.04 Å². The van der Waals surface area contributed by atoms with Crippen molar-refractivity contribution in [3.63, 3.8) is 0 Å². The molecule has 3 rings (SSSR count). The molecule has 0 bridgehead atoms. The summed E-state index contributed by atoms with van der Waals surface area (Å²) in [6.07, 6.45) is 8.14. The first-order chi connectivity index (χ1) is 11.1. The lowest BCUT2D eigenvalue weighted by Crippen LogP contribution is -2.42. The quantitative estimate of drug-likeness (QED) is 0.827. The van der Waals surface area contributed by atoms with Crippen molar-refractivity contribution in [3.05, 3.63) is 18.0 Å². The molecule has 0 radical (unpaired) electrons. The molecule has 6 nitrogen and oxygen atoms in total. The molecule has 0 aliphatic carbocycles. The van der Waals surface area contributed by atoms with Crippen LogP contribution in [-0.2, 0) is 18.2 Å². The van der Waals surface area contributed by atoms with Gasteiger partial charge in [0.2, 0.25) is 0 Å². The van der Waals surface area contributed by atoms with E-state index in [1.54, 1.807) is 0 Å². The van der Waals surface area contributed by atoms with Gasteiger partial charge in [0.1, 0.15) is 0 Å². The topological polar surface area (TPSA) is 53.8 Å². The summed E-state index contributed by atoms with van der Waals surface area (Å²) in [7, 11) is 4.10. The van der Waals surface area contributed by atoms with Gasteiger partial charge in [0.25, 0.3) is 0 Å². The number of hydrogen-bond donors (Lipinski definition) is 1. The highest BCUT2D eigenvalue weighted by atomic mass is 16.5. The molecular weight excluding hydrogens is 292 g/mol. The third kappa shape index (κ3) is 4.32. The normalized spacial score (nSPS) is 27.1. The van der Waals surface area contributed by atoms with Crippen LogP contribution < -0.4 is 0 Å². The number of hydrogen-bond acceptors (Lipinski definition) is 5. The summed E-state index contributed by atoms with van der Waals surface area (Å²) in [4.78, 5) is 4.80. The van der Waals surface area contributed by atoms with Gasteiger partial charge in [-0.25, -0.2) is 0 Å². The van der Waals surface area contributed by atoms with Crippen molar-refractivity contribution in [1.82, 2.24) is 19.6 Å². The SMILES string of the molecule is CN(CCCc1cnn(C)c1)[C@H]1CN(C2CCOCC2)C[C@@H]1O. The number of rotatable bonds is 6. The number of aliphatic hydroxyl groups excluding tert-OH is 1.